The van der Waals surface area contributed by atoms with E-state index in [4.69, 9.17) is 16.3 Å². The van der Waals surface area contributed by atoms with E-state index in [1.165, 1.54) is 10.7 Å². The second kappa shape index (κ2) is 6.54. The Hall–Kier alpha value is -2.14. The van der Waals surface area contributed by atoms with Crippen LogP contribution < -0.4 is 5.43 Å². The van der Waals surface area contributed by atoms with Crippen LogP contribution in [0.15, 0.2) is 35.1 Å². The third-order valence-corrected chi connectivity index (χ3v) is 3.06. The maximum atomic E-state index is 11.9. The Kier molecular flexibility index (Phi) is 4.75. The van der Waals surface area contributed by atoms with Crippen molar-refractivity contribution in [3.8, 4) is 5.69 Å². The summed E-state index contributed by atoms with van der Waals surface area (Å²) < 4.78 is 6.49. The van der Waals surface area contributed by atoms with E-state index in [-0.39, 0.29) is 12.3 Å². The number of esters is 1. The molecule has 0 N–H and O–H groups in total. The van der Waals surface area contributed by atoms with Crippen LogP contribution in [-0.4, -0.2) is 22.4 Å². The maximum Gasteiger partial charge on any atom is 0.362 e. The standard InChI is InChI=1S/C15H15ClN2O3/c1-3-8-21-15(20)14-13(19)9-10(2)18(17-14)12-6-4-11(16)5-7-12/h4-7,9H,3,8H2,1-2H3. The second-order valence-corrected chi connectivity index (χ2v) is 4.96. The van der Waals surface area contributed by atoms with Crippen molar-refractivity contribution in [2.75, 3.05) is 6.61 Å². The molecule has 1 aromatic carbocycles. The molecule has 0 fully saturated rings. The normalized spacial score (nSPS) is 10.4. The Balaban J connectivity index is 2.45. The van der Waals surface area contributed by atoms with Gasteiger partial charge in [-0.3, -0.25) is 4.79 Å². The lowest BCUT2D eigenvalue weighted by Crippen LogP contribution is -2.24. The molecule has 0 unspecified atom stereocenters. The fourth-order valence-electron chi connectivity index (χ4n) is 1.80. The van der Waals surface area contributed by atoms with Gasteiger partial charge < -0.3 is 4.74 Å². The summed E-state index contributed by atoms with van der Waals surface area (Å²) in [6, 6.07) is 8.31. The molecule has 2 rings (SSSR count). The van der Waals surface area contributed by atoms with Crippen molar-refractivity contribution in [1.29, 1.82) is 0 Å². The van der Waals surface area contributed by atoms with Gasteiger partial charge in [-0.15, -0.1) is 0 Å². The van der Waals surface area contributed by atoms with Gasteiger partial charge in [0.15, 0.2) is 0 Å². The van der Waals surface area contributed by atoms with E-state index >= 15 is 0 Å². The van der Waals surface area contributed by atoms with Crippen LogP contribution in [0, 0.1) is 6.92 Å². The molecular formula is C15H15ClN2O3. The molecule has 0 atom stereocenters. The fraction of sp³-hybridized carbons (Fsp3) is 0.267. The monoisotopic (exact) mass is 306 g/mol. The summed E-state index contributed by atoms with van der Waals surface area (Å²) in [6.45, 7) is 3.88. The number of hydrogen-bond acceptors (Lipinski definition) is 4. The number of hydrogen-bond donors (Lipinski definition) is 0. The molecule has 1 heterocycles. The van der Waals surface area contributed by atoms with E-state index in [0.717, 1.165) is 0 Å². The lowest BCUT2D eigenvalue weighted by Gasteiger charge is -2.11. The number of benzene rings is 1. The summed E-state index contributed by atoms with van der Waals surface area (Å²) in [5.41, 5.74) is 0.665. The van der Waals surface area contributed by atoms with Crippen LogP contribution in [0.3, 0.4) is 0 Å². The van der Waals surface area contributed by atoms with Crippen LogP contribution in [-0.2, 0) is 4.74 Å². The molecule has 0 bridgehead atoms. The Morgan fingerprint density at radius 3 is 2.62 bits per heavy atom. The fourth-order valence-corrected chi connectivity index (χ4v) is 1.92. The van der Waals surface area contributed by atoms with E-state index in [1.54, 1.807) is 31.2 Å². The Bertz CT molecular complexity index is 708. The molecule has 6 heteroatoms. The summed E-state index contributed by atoms with van der Waals surface area (Å²) in [5, 5.41) is 4.71. The molecule has 5 nitrogen and oxygen atoms in total. The highest BCUT2D eigenvalue weighted by Crippen LogP contribution is 2.13. The van der Waals surface area contributed by atoms with Crippen LogP contribution in [0.25, 0.3) is 5.69 Å². The number of carbonyl (C=O) groups excluding carboxylic acids is 1. The average Bonchev–Trinajstić information content (AvgIpc) is 2.46. The van der Waals surface area contributed by atoms with Gasteiger partial charge in [-0.2, -0.15) is 5.10 Å². The van der Waals surface area contributed by atoms with E-state index in [2.05, 4.69) is 5.10 Å². The van der Waals surface area contributed by atoms with Gasteiger partial charge in [0, 0.05) is 16.8 Å². The van der Waals surface area contributed by atoms with Gasteiger partial charge in [0.25, 0.3) is 0 Å². The molecule has 0 saturated carbocycles. The Labute approximate surface area is 127 Å². The highest BCUT2D eigenvalue weighted by molar-refractivity contribution is 6.30. The first kappa shape index (κ1) is 15.3. The van der Waals surface area contributed by atoms with Crippen molar-refractivity contribution >= 4 is 17.6 Å². The van der Waals surface area contributed by atoms with Gasteiger partial charge in [-0.1, -0.05) is 18.5 Å². The Morgan fingerprint density at radius 2 is 2.00 bits per heavy atom. The van der Waals surface area contributed by atoms with Crippen LogP contribution in [0.2, 0.25) is 5.02 Å². The van der Waals surface area contributed by atoms with Gasteiger partial charge in [0.05, 0.1) is 12.3 Å². The summed E-state index contributed by atoms with van der Waals surface area (Å²) >= 11 is 5.85. The summed E-state index contributed by atoms with van der Waals surface area (Å²) in [4.78, 5) is 23.7. The molecule has 1 aromatic heterocycles. The topological polar surface area (TPSA) is 61.2 Å². The van der Waals surface area contributed by atoms with Gasteiger partial charge in [0.2, 0.25) is 11.1 Å². The predicted octanol–water partition coefficient (Wildman–Crippen LogP) is 2.76. The van der Waals surface area contributed by atoms with Crippen molar-refractivity contribution in [3.05, 3.63) is 57.0 Å². The first-order chi connectivity index (χ1) is 10.0. The first-order valence-electron chi connectivity index (χ1n) is 6.57. The largest absolute Gasteiger partial charge is 0.461 e. The minimum absolute atomic E-state index is 0.219. The van der Waals surface area contributed by atoms with E-state index in [9.17, 15) is 9.59 Å². The number of nitrogens with zero attached hydrogens (tertiary/aromatic N) is 2. The minimum atomic E-state index is -0.704. The molecule has 0 aliphatic heterocycles. The molecule has 21 heavy (non-hydrogen) atoms. The van der Waals surface area contributed by atoms with Crippen molar-refractivity contribution in [2.24, 2.45) is 0 Å². The van der Waals surface area contributed by atoms with E-state index < -0.39 is 11.4 Å². The van der Waals surface area contributed by atoms with Crippen molar-refractivity contribution in [2.45, 2.75) is 20.3 Å². The summed E-state index contributed by atoms with van der Waals surface area (Å²) in [7, 11) is 0. The zero-order valence-electron chi connectivity index (χ0n) is 11.8. The van der Waals surface area contributed by atoms with Gasteiger partial charge >= 0.3 is 5.97 Å². The summed E-state index contributed by atoms with van der Waals surface area (Å²) in [5.74, 6) is -0.704. The zero-order valence-corrected chi connectivity index (χ0v) is 12.6. The smallest absolute Gasteiger partial charge is 0.362 e. The average molecular weight is 307 g/mol. The third-order valence-electron chi connectivity index (χ3n) is 2.81. The molecule has 0 spiro atoms. The van der Waals surface area contributed by atoms with Gasteiger partial charge in [-0.05, 0) is 37.6 Å². The molecule has 0 radical (unpaired) electrons. The first-order valence-corrected chi connectivity index (χ1v) is 6.94. The summed E-state index contributed by atoms with van der Waals surface area (Å²) in [6.07, 6.45) is 0.684. The molecule has 110 valence electrons. The lowest BCUT2D eigenvalue weighted by atomic mass is 10.3. The molecule has 0 saturated heterocycles. The third kappa shape index (κ3) is 3.49. The van der Waals surface area contributed by atoms with Gasteiger partial charge in [0.1, 0.15) is 0 Å². The highest BCUT2D eigenvalue weighted by atomic mass is 35.5. The number of rotatable bonds is 4. The molecule has 0 aliphatic rings. The van der Waals surface area contributed by atoms with Crippen LogP contribution in [0.5, 0.6) is 0 Å². The quantitative estimate of drug-likeness (QED) is 0.815. The predicted molar refractivity (Wildman–Crippen MR) is 80.2 cm³/mol. The Morgan fingerprint density at radius 1 is 1.33 bits per heavy atom. The van der Waals surface area contributed by atoms with Crippen LogP contribution in [0.1, 0.15) is 29.5 Å². The number of aromatic nitrogens is 2. The number of halogens is 1. The van der Waals surface area contributed by atoms with Crippen molar-refractivity contribution < 1.29 is 9.53 Å². The van der Waals surface area contributed by atoms with E-state index in [0.29, 0.717) is 22.8 Å². The number of carbonyl (C=O) groups is 1. The number of aryl methyl sites for hydroxylation is 1. The maximum absolute atomic E-state index is 11.9. The van der Waals surface area contributed by atoms with Crippen molar-refractivity contribution in [1.82, 2.24) is 9.78 Å². The van der Waals surface area contributed by atoms with Crippen LogP contribution in [0.4, 0.5) is 0 Å². The lowest BCUT2D eigenvalue weighted by molar-refractivity contribution is 0.0494. The highest BCUT2D eigenvalue weighted by Gasteiger charge is 2.16. The van der Waals surface area contributed by atoms with E-state index in [1.807, 2.05) is 6.92 Å². The zero-order chi connectivity index (χ0) is 15.4. The number of ether oxygens (including phenoxy) is 1. The minimum Gasteiger partial charge on any atom is -0.461 e. The van der Waals surface area contributed by atoms with Gasteiger partial charge in [-0.25, -0.2) is 9.48 Å². The molecular weight excluding hydrogens is 292 g/mol. The molecule has 2 aromatic rings. The molecule has 0 amide bonds. The SMILES string of the molecule is CCCOC(=O)c1nn(-c2ccc(Cl)cc2)c(C)cc1=O. The van der Waals surface area contributed by atoms with Crippen molar-refractivity contribution in [3.63, 3.8) is 0 Å². The molecule has 0 aliphatic carbocycles. The van der Waals surface area contributed by atoms with Crippen LogP contribution >= 0.6 is 11.6 Å². The second-order valence-electron chi connectivity index (χ2n) is 4.52.